The van der Waals surface area contributed by atoms with Crippen molar-refractivity contribution in [2.75, 3.05) is 13.1 Å². The minimum Gasteiger partial charge on any atom is -0.457 e. The van der Waals surface area contributed by atoms with E-state index in [1.807, 2.05) is 6.07 Å². The summed E-state index contributed by atoms with van der Waals surface area (Å²) < 4.78 is 5.98. The summed E-state index contributed by atoms with van der Waals surface area (Å²) in [5.41, 5.74) is 2.27. The molecule has 1 saturated heterocycles. The highest BCUT2D eigenvalue weighted by Gasteiger charge is 2.43. The van der Waals surface area contributed by atoms with E-state index < -0.39 is 0 Å². The number of hydrogen-bond donors (Lipinski definition) is 1. The highest BCUT2D eigenvalue weighted by atomic mass is 16.5. The highest BCUT2D eigenvalue weighted by Crippen LogP contribution is 2.38. The summed E-state index contributed by atoms with van der Waals surface area (Å²) in [5, 5.41) is 3.33. The predicted molar refractivity (Wildman–Crippen MR) is 83.0 cm³/mol. The van der Waals surface area contributed by atoms with Crippen LogP contribution in [0.5, 0.6) is 0 Å². The second-order valence-electron chi connectivity index (χ2n) is 6.44. The number of carbonyl (C=O) groups is 1. The lowest BCUT2D eigenvalue weighted by Crippen LogP contribution is -2.36. The Labute approximate surface area is 127 Å². The Kier molecular flexibility index (Phi) is 4.29. The summed E-state index contributed by atoms with van der Waals surface area (Å²) in [6, 6.07) is 8.40. The molecule has 3 rings (SSSR count). The van der Waals surface area contributed by atoms with Gasteiger partial charge in [0.1, 0.15) is 6.10 Å². The summed E-state index contributed by atoms with van der Waals surface area (Å²) in [7, 11) is 0. The van der Waals surface area contributed by atoms with Crippen molar-refractivity contribution in [3.8, 4) is 0 Å². The molecule has 0 aromatic heterocycles. The van der Waals surface area contributed by atoms with Crippen LogP contribution in [-0.2, 0) is 16.0 Å². The van der Waals surface area contributed by atoms with E-state index in [9.17, 15) is 4.79 Å². The van der Waals surface area contributed by atoms with Crippen molar-refractivity contribution in [1.82, 2.24) is 5.32 Å². The number of esters is 1. The van der Waals surface area contributed by atoms with E-state index in [4.69, 9.17) is 4.74 Å². The Morgan fingerprint density at radius 1 is 1.43 bits per heavy atom. The summed E-state index contributed by atoms with van der Waals surface area (Å²) in [6.45, 7) is 3.84. The lowest BCUT2D eigenvalue weighted by Gasteiger charge is -2.31. The van der Waals surface area contributed by atoms with Gasteiger partial charge in [0.15, 0.2) is 0 Å². The number of ether oxygens (including phenoxy) is 1. The SMILES string of the molecule is CCCC1(C(=O)OC2CCCc3ccccc32)CCNC1. The molecule has 1 aliphatic heterocycles. The van der Waals surface area contributed by atoms with Crippen LogP contribution in [0.1, 0.15) is 56.3 Å². The number of benzene rings is 1. The molecule has 0 radical (unpaired) electrons. The molecule has 3 heteroatoms. The Bertz CT molecular complexity index is 506. The van der Waals surface area contributed by atoms with Crippen molar-refractivity contribution in [1.29, 1.82) is 0 Å². The van der Waals surface area contributed by atoms with Crippen LogP contribution < -0.4 is 5.32 Å². The molecule has 2 atom stereocenters. The van der Waals surface area contributed by atoms with Gasteiger partial charge in [-0.1, -0.05) is 37.6 Å². The van der Waals surface area contributed by atoms with Gasteiger partial charge in [-0.15, -0.1) is 0 Å². The molecule has 1 fully saturated rings. The lowest BCUT2D eigenvalue weighted by atomic mass is 9.82. The van der Waals surface area contributed by atoms with Crippen LogP contribution in [0.4, 0.5) is 0 Å². The second kappa shape index (κ2) is 6.18. The number of rotatable bonds is 4. The fourth-order valence-electron chi connectivity index (χ4n) is 3.80. The van der Waals surface area contributed by atoms with E-state index in [2.05, 4.69) is 30.4 Å². The van der Waals surface area contributed by atoms with E-state index in [-0.39, 0.29) is 17.5 Å². The first-order valence-corrected chi connectivity index (χ1v) is 8.25. The zero-order chi connectivity index (χ0) is 14.7. The van der Waals surface area contributed by atoms with Crippen LogP contribution >= 0.6 is 0 Å². The van der Waals surface area contributed by atoms with Crippen molar-refractivity contribution >= 4 is 5.97 Å². The third-order valence-electron chi connectivity index (χ3n) is 4.97. The molecule has 0 amide bonds. The van der Waals surface area contributed by atoms with E-state index in [0.717, 1.165) is 51.6 Å². The van der Waals surface area contributed by atoms with Crippen molar-refractivity contribution in [3.63, 3.8) is 0 Å². The fourth-order valence-corrected chi connectivity index (χ4v) is 3.80. The molecule has 1 aliphatic carbocycles. The van der Waals surface area contributed by atoms with E-state index in [1.54, 1.807) is 0 Å². The van der Waals surface area contributed by atoms with Gasteiger partial charge in [0.2, 0.25) is 0 Å². The number of nitrogens with one attached hydrogen (secondary N) is 1. The van der Waals surface area contributed by atoms with Gasteiger partial charge in [-0.05, 0) is 49.8 Å². The van der Waals surface area contributed by atoms with Gasteiger partial charge in [-0.2, -0.15) is 0 Å². The molecule has 0 saturated carbocycles. The number of carbonyl (C=O) groups excluding carboxylic acids is 1. The molecular formula is C18H25NO2. The minimum absolute atomic E-state index is 0.0102. The topological polar surface area (TPSA) is 38.3 Å². The molecule has 1 heterocycles. The van der Waals surface area contributed by atoms with Crippen LogP contribution in [0, 0.1) is 5.41 Å². The molecule has 1 aromatic carbocycles. The van der Waals surface area contributed by atoms with Gasteiger partial charge in [-0.3, -0.25) is 4.79 Å². The molecule has 0 bridgehead atoms. The highest BCUT2D eigenvalue weighted by molar-refractivity contribution is 5.78. The molecule has 21 heavy (non-hydrogen) atoms. The standard InChI is InChI=1S/C18H25NO2/c1-2-10-18(11-12-19-13-18)17(20)21-16-9-5-7-14-6-3-4-8-15(14)16/h3-4,6,8,16,19H,2,5,7,9-13H2,1H3. The monoisotopic (exact) mass is 287 g/mol. The molecule has 2 aliphatic rings. The zero-order valence-electron chi connectivity index (χ0n) is 12.9. The maximum Gasteiger partial charge on any atom is 0.314 e. The zero-order valence-corrected chi connectivity index (χ0v) is 12.9. The first kappa shape index (κ1) is 14.6. The van der Waals surface area contributed by atoms with Gasteiger partial charge < -0.3 is 10.1 Å². The van der Waals surface area contributed by atoms with Crippen LogP contribution in [0.2, 0.25) is 0 Å². The average molecular weight is 287 g/mol. The Morgan fingerprint density at radius 3 is 3.05 bits per heavy atom. The molecule has 114 valence electrons. The van der Waals surface area contributed by atoms with Gasteiger partial charge >= 0.3 is 5.97 Å². The molecule has 1 aromatic rings. The van der Waals surface area contributed by atoms with E-state index in [1.165, 1.54) is 11.1 Å². The quantitative estimate of drug-likeness (QED) is 0.863. The van der Waals surface area contributed by atoms with Crippen molar-refractivity contribution < 1.29 is 9.53 Å². The third-order valence-corrected chi connectivity index (χ3v) is 4.97. The summed E-state index contributed by atoms with van der Waals surface area (Å²) in [5.74, 6) is 0.0102. The molecule has 1 N–H and O–H groups in total. The molecule has 2 unspecified atom stereocenters. The van der Waals surface area contributed by atoms with Crippen LogP contribution in [-0.4, -0.2) is 19.1 Å². The second-order valence-corrected chi connectivity index (χ2v) is 6.44. The first-order chi connectivity index (χ1) is 10.2. The predicted octanol–water partition coefficient (Wildman–Crippen LogP) is 3.39. The molecular weight excluding hydrogens is 262 g/mol. The Balaban J connectivity index is 1.76. The maximum absolute atomic E-state index is 12.8. The van der Waals surface area contributed by atoms with Crippen molar-refractivity contribution in [2.24, 2.45) is 5.41 Å². The van der Waals surface area contributed by atoms with E-state index >= 15 is 0 Å². The molecule has 0 spiro atoms. The van der Waals surface area contributed by atoms with Gasteiger partial charge in [-0.25, -0.2) is 0 Å². The fraction of sp³-hybridized carbons (Fsp3) is 0.611. The van der Waals surface area contributed by atoms with Crippen LogP contribution in [0.3, 0.4) is 0 Å². The first-order valence-electron chi connectivity index (χ1n) is 8.25. The van der Waals surface area contributed by atoms with Gasteiger partial charge in [0.05, 0.1) is 5.41 Å². The Hall–Kier alpha value is -1.35. The molecule has 3 nitrogen and oxygen atoms in total. The average Bonchev–Trinajstić information content (AvgIpc) is 2.98. The number of aryl methyl sites for hydroxylation is 1. The van der Waals surface area contributed by atoms with Crippen molar-refractivity contribution in [3.05, 3.63) is 35.4 Å². The number of hydrogen-bond acceptors (Lipinski definition) is 3. The number of fused-ring (bicyclic) bond motifs is 1. The summed E-state index contributed by atoms with van der Waals surface area (Å²) in [4.78, 5) is 12.8. The van der Waals surface area contributed by atoms with Crippen molar-refractivity contribution in [2.45, 2.75) is 51.6 Å². The van der Waals surface area contributed by atoms with Gasteiger partial charge in [0, 0.05) is 6.54 Å². The Morgan fingerprint density at radius 2 is 2.29 bits per heavy atom. The van der Waals surface area contributed by atoms with E-state index in [0.29, 0.717) is 0 Å². The summed E-state index contributed by atoms with van der Waals surface area (Å²) in [6.07, 6.45) is 5.98. The van der Waals surface area contributed by atoms with Crippen LogP contribution in [0.25, 0.3) is 0 Å². The minimum atomic E-state index is -0.291. The summed E-state index contributed by atoms with van der Waals surface area (Å²) >= 11 is 0. The third kappa shape index (κ3) is 2.84. The smallest absolute Gasteiger partial charge is 0.314 e. The lowest BCUT2D eigenvalue weighted by molar-refractivity contribution is -0.162. The maximum atomic E-state index is 12.8. The van der Waals surface area contributed by atoms with Gasteiger partial charge in [0.25, 0.3) is 0 Å². The van der Waals surface area contributed by atoms with Crippen LogP contribution in [0.15, 0.2) is 24.3 Å². The largest absolute Gasteiger partial charge is 0.457 e. The normalized spacial score (nSPS) is 28.1.